The molecule has 2 aliphatic rings. The van der Waals surface area contributed by atoms with E-state index in [1.807, 2.05) is 11.3 Å². The van der Waals surface area contributed by atoms with Crippen molar-refractivity contribution in [1.29, 1.82) is 0 Å². The minimum Gasteiger partial charge on any atom is -0.455 e. The van der Waals surface area contributed by atoms with Crippen LogP contribution in [0.4, 0.5) is 34.1 Å². The highest BCUT2D eigenvalue weighted by molar-refractivity contribution is 7.26. The fraction of sp³-hybridized carbons (Fsp3) is 0.0526. The van der Waals surface area contributed by atoms with E-state index in [9.17, 15) is 0 Å². The van der Waals surface area contributed by atoms with E-state index in [2.05, 4.69) is 459 Å². The number of fused-ring (bicyclic) bond motifs is 18. The van der Waals surface area contributed by atoms with Crippen LogP contribution in [0.1, 0.15) is 49.9 Å². The fourth-order valence-electron chi connectivity index (χ4n) is 20.1. The normalized spacial score (nSPS) is 13.0. The van der Waals surface area contributed by atoms with Gasteiger partial charge in [0.05, 0.1) is 50.2 Å². The molecule has 0 aliphatic heterocycles. The molecule has 0 radical (unpaired) electrons. The SMILES string of the molecule is CC1(C)c2ccccc2-c2c(N(c3cccc(-c4ccccc4)c3)c3ccc(-c4ccc5c(c4)c4ccccc4n5-c4ccccc4)c4sc5ccccc5c34)cccc21.CC1(C)c2ccccc2-c2c(N(c3cccc(-c4ccccc4)c3)c3ccc(-c4cccc5c4c4ccccc4n5-c4ccccc4)c4oc5ccccc5c34)cccc21. The maximum absolute atomic E-state index is 7.09. The maximum atomic E-state index is 7.09. The van der Waals surface area contributed by atoms with Gasteiger partial charge in [0.1, 0.15) is 11.2 Å². The molecule has 120 heavy (non-hydrogen) atoms. The van der Waals surface area contributed by atoms with E-state index in [-0.39, 0.29) is 10.8 Å². The molecular formula is C114H80N4OS. The Balaban J connectivity index is 0.000000140. The second-order valence-electron chi connectivity index (χ2n) is 32.9. The first-order valence-electron chi connectivity index (χ1n) is 41.5. The second-order valence-corrected chi connectivity index (χ2v) is 34.0. The lowest BCUT2D eigenvalue weighted by molar-refractivity contribution is 0.660. The molecule has 24 rings (SSSR count). The number of para-hydroxylation sites is 5. The number of anilines is 6. The van der Waals surface area contributed by atoms with Crippen molar-refractivity contribution < 1.29 is 4.42 Å². The molecule has 0 fully saturated rings. The molecule has 5 nitrogen and oxygen atoms in total. The van der Waals surface area contributed by atoms with Gasteiger partial charge < -0.3 is 23.4 Å². The molecule has 18 aromatic carbocycles. The smallest absolute Gasteiger partial charge is 0.145 e. The Morgan fingerprint density at radius 1 is 0.258 bits per heavy atom. The van der Waals surface area contributed by atoms with Crippen LogP contribution in [0.2, 0.25) is 0 Å². The minimum atomic E-state index is -0.154. The minimum absolute atomic E-state index is 0.129. The molecule has 6 heteroatoms. The lowest BCUT2D eigenvalue weighted by atomic mass is 9.82. The molecule has 4 aromatic heterocycles. The average molecular weight is 1550 g/mol. The van der Waals surface area contributed by atoms with Gasteiger partial charge in [-0.3, -0.25) is 0 Å². The Labute approximate surface area is 701 Å². The fourth-order valence-corrected chi connectivity index (χ4v) is 21.4. The van der Waals surface area contributed by atoms with E-state index in [1.54, 1.807) is 0 Å². The Morgan fingerprint density at radius 3 is 1.30 bits per heavy atom. The van der Waals surface area contributed by atoms with E-state index in [0.717, 1.165) is 72.6 Å². The van der Waals surface area contributed by atoms with Crippen LogP contribution in [-0.4, -0.2) is 9.13 Å². The molecule has 0 saturated heterocycles. The van der Waals surface area contributed by atoms with Crippen molar-refractivity contribution in [2.75, 3.05) is 9.80 Å². The van der Waals surface area contributed by atoms with Crippen molar-refractivity contribution in [3.8, 4) is 78.1 Å². The zero-order valence-corrected chi connectivity index (χ0v) is 67.7. The zero-order chi connectivity index (χ0) is 79.9. The number of benzene rings is 18. The van der Waals surface area contributed by atoms with Crippen molar-refractivity contribution in [2.24, 2.45) is 0 Å². The molecular weight excluding hydrogens is 1470 g/mol. The summed E-state index contributed by atoms with van der Waals surface area (Å²) in [5.74, 6) is 0. The summed E-state index contributed by atoms with van der Waals surface area (Å²) in [6.45, 7) is 9.45. The van der Waals surface area contributed by atoms with Crippen molar-refractivity contribution >= 4 is 131 Å². The third kappa shape index (κ3) is 11.1. The van der Waals surface area contributed by atoms with Crippen molar-refractivity contribution in [2.45, 2.75) is 38.5 Å². The molecule has 0 unspecified atom stereocenters. The molecule has 4 heterocycles. The number of thiophene rings is 1. The maximum Gasteiger partial charge on any atom is 0.145 e. The molecule has 0 atom stereocenters. The Morgan fingerprint density at radius 2 is 0.692 bits per heavy atom. The molecule has 568 valence electrons. The van der Waals surface area contributed by atoms with Crippen molar-refractivity contribution in [3.05, 3.63) is 435 Å². The van der Waals surface area contributed by atoms with E-state index in [0.29, 0.717) is 0 Å². The molecule has 0 N–H and O–H groups in total. The lowest BCUT2D eigenvalue weighted by Gasteiger charge is -2.30. The predicted molar refractivity (Wildman–Crippen MR) is 508 cm³/mol. The predicted octanol–water partition coefficient (Wildman–Crippen LogP) is 32.1. The van der Waals surface area contributed by atoms with Crippen LogP contribution in [0.5, 0.6) is 0 Å². The number of hydrogen-bond donors (Lipinski definition) is 0. The van der Waals surface area contributed by atoms with Crippen molar-refractivity contribution in [3.63, 3.8) is 0 Å². The van der Waals surface area contributed by atoms with Crippen LogP contribution in [0.15, 0.2) is 417 Å². The molecule has 22 aromatic rings. The third-order valence-corrected chi connectivity index (χ3v) is 26.8. The van der Waals surface area contributed by atoms with Crippen LogP contribution >= 0.6 is 11.3 Å². The molecule has 0 bridgehead atoms. The summed E-state index contributed by atoms with van der Waals surface area (Å²) in [5, 5.41) is 9.64. The average Bonchev–Trinajstić information content (AvgIpc) is 1.53. The number of nitrogens with zero attached hydrogens (tertiary/aromatic N) is 4. The van der Waals surface area contributed by atoms with Gasteiger partial charge in [0.2, 0.25) is 0 Å². The van der Waals surface area contributed by atoms with Gasteiger partial charge in [-0.25, -0.2) is 0 Å². The van der Waals surface area contributed by atoms with Gasteiger partial charge in [0.25, 0.3) is 0 Å². The van der Waals surface area contributed by atoms with E-state index < -0.39 is 0 Å². The summed E-state index contributed by atoms with van der Waals surface area (Å²) >= 11 is 1.90. The lowest BCUT2D eigenvalue weighted by Crippen LogP contribution is -2.16. The summed E-state index contributed by atoms with van der Waals surface area (Å²) in [7, 11) is 0. The molecule has 0 spiro atoms. The van der Waals surface area contributed by atoms with E-state index in [4.69, 9.17) is 4.42 Å². The largest absolute Gasteiger partial charge is 0.455 e. The third-order valence-electron chi connectivity index (χ3n) is 25.6. The van der Waals surface area contributed by atoms with E-state index in [1.165, 1.54) is 148 Å². The number of aromatic nitrogens is 2. The summed E-state index contributed by atoms with van der Waals surface area (Å²) in [6, 6.07) is 151. The van der Waals surface area contributed by atoms with Crippen LogP contribution in [-0.2, 0) is 10.8 Å². The van der Waals surface area contributed by atoms with Gasteiger partial charge in [0.15, 0.2) is 0 Å². The van der Waals surface area contributed by atoms with Gasteiger partial charge >= 0.3 is 0 Å². The van der Waals surface area contributed by atoms with Gasteiger partial charge in [-0.2, -0.15) is 0 Å². The highest BCUT2D eigenvalue weighted by atomic mass is 32.1. The van der Waals surface area contributed by atoms with Gasteiger partial charge in [-0.15, -0.1) is 11.3 Å². The second kappa shape index (κ2) is 28.0. The quantitative estimate of drug-likeness (QED) is 0.122. The van der Waals surface area contributed by atoms with Crippen LogP contribution in [0, 0.1) is 0 Å². The number of furan rings is 1. The zero-order valence-electron chi connectivity index (χ0n) is 66.9. The van der Waals surface area contributed by atoms with Crippen LogP contribution in [0.25, 0.3) is 164 Å². The van der Waals surface area contributed by atoms with Crippen molar-refractivity contribution in [1.82, 2.24) is 9.13 Å². The van der Waals surface area contributed by atoms with Gasteiger partial charge in [-0.1, -0.05) is 319 Å². The Bertz CT molecular complexity index is 7860. The monoisotopic (exact) mass is 1550 g/mol. The van der Waals surface area contributed by atoms with Crippen LogP contribution in [0.3, 0.4) is 0 Å². The standard InChI is InChI=1S/C57H40N2O.C57H40N2S/c1-57(2)46-28-12-9-24-43(46)54-47(57)29-17-32-50(54)59(40-23-15-20-38(36-40)37-18-5-3-6-19-37)51-35-34-42(56-55(51)45-26-11-14-33-52(45)60-56)41-27-16-31-49-53(41)44-25-10-13-30-48(44)58(49)39-21-7-4-8-22-39;1-57(2)47-26-12-9-24-44(47)54-48(57)27-16-29-51(54)59(41-22-15-19-38(35-41)37-17-5-3-6-18-37)52-34-32-42(56-55(52)45-25-11-14-30-53(45)60-56)39-31-33-50-46(36-39)43-23-10-13-28-49(43)58(50)40-20-7-4-8-21-40/h2*3-36H,1-2H3. The van der Waals surface area contributed by atoms with Gasteiger partial charge in [-0.05, 0) is 194 Å². The summed E-state index contributed by atoms with van der Waals surface area (Å²) < 4.78 is 14.4. The highest BCUT2D eigenvalue weighted by Gasteiger charge is 2.41. The first kappa shape index (κ1) is 70.6. The number of hydrogen-bond acceptors (Lipinski definition) is 4. The topological polar surface area (TPSA) is 29.5 Å². The molecule has 0 saturated carbocycles. The van der Waals surface area contributed by atoms with Gasteiger partial charge in [0, 0.05) is 97.4 Å². The Hall–Kier alpha value is -14.8. The molecule has 0 amide bonds. The molecule has 2 aliphatic carbocycles. The highest BCUT2D eigenvalue weighted by Crippen LogP contribution is 2.59. The summed E-state index contributed by atoms with van der Waals surface area (Å²) in [6.07, 6.45) is 0. The number of rotatable bonds is 12. The first-order valence-corrected chi connectivity index (χ1v) is 42.4. The summed E-state index contributed by atoms with van der Waals surface area (Å²) in [5.41, 5.74) is 35.3. The van der Waals surface area contributed by atoms with Crippen LogP contribution < -0.4 is 9.80 Å². The summed E-state index contributed by atoms with van der Waals surface area (Å²) in [4.78, 5) is 5.03. The van der Waals surface area contributed by atoms with E-state index >= 15 is 0 Å². The Kier molecular flexibility index (Phi) is 16.4. The first-order chi connectivity index (χ1) is 59.1.